The highest BCUT2D eigenvalue weighted by atomic mass is 31.2. The Balaban J connectivity index is 4.11. The smallest absolute Gasteiger partial charge is 0.268 e. The maximum Gasteiger partial charge on any atom is 0.268 e. The van der Waals surface area contributed by atoms with Crippen molar-refractivity contribution >= 4 is 13.7 Å². The SMILES string of the molecule is CCCCCCCCCCCCCC/C=C\CCCCCCCCCCCCCC(=O)NC(COP(=O)([O-])OCC[N+](C)(C)C)C(O)/C=C/CCCCCCCCCCCCCCCCCCCCCCCCC. The van der Waals surface area contributed by atoms with E-state index < -0.39 is 20.0 Å². The highest BCUT2D eigenvalue weighted by Gasteiger charge is 2.23. The molecule has 0 aliphatic rings. The van der Waals surface area contributed by atoms with Crippen LogP contribution in [0.3, 0.4) is 0 Å². The van der Waals surface area contributed by atoms with Crippen molar-refractivity contribution in [3.05, 3.63) is 24.3 Å². The molecule has 0 spiro atoms. The first-order valence-electron chi connectivity index (χ1n) is 32.7. The fraction of sp³-hybridized carbons (Fsp3) is 0.923. The first-order valence-corrected chi connectivity index (χ1v) is 34.2. The summed E-state index contributed by atoms with van der Waals surface area (Å²) in [5.74, 6) is -0.192. The monoisotopic (exact) mass is 1060 g/mol. The minimum Gasteiger partial charge on any atom is -0.756 e. The number of amides is 1. The zero-order chi connectivity index (χ0) is 54.2. The Kier molecular flexibility index (Phi) is 55.9. The van der Waals surface area contributed by atoms with Crippen LogP contribution in [-0.2, 0) is 18.4 Å². The molecule has 74 heavy (non-hydrogen) atoms. The van der Waals surface area contributed by atoms with Crippen molar-refractivity contribution in [3.8, 4) is 0 Å². The standard InChI is InChI=1S/C65H129N2O6P/c1-6-8-10-12-14-16-18-20-22-24-26-28-30-32-33-35-37-39-41-43-45-47-49-51-53-55-57-59-65(69)66-63(62-73-74(70,71)72-61-60-67(3,4)5)64(68)58-56-54-52-50-48-46-44-42-40-38-36-34-31-29-27-25-23-21-19-17-15-13-11-9-7-2/h32-33,56,58,63-64,68H,6-31,34-55,57,59-62H2,1-5H3,(H-,66,69,70,71)/b33-32-,58-56+. The topological polar surface area (TPSA) is 108 Å². The molecule has 0 aromatic rings. The van der Waals surface area contributed by atoms with Crippen LogP contribution in [0.25, 0.3) is 0 Å². The van der Waals surface area contributed by atoms with Gasteiger partial charge in [0, 0.05) is 6.42 Å². The van der Waals surface area contributed by atoms with E-state index in [-0.39, 0.29) is 19.1 Å². The summed E-state index contributed by atoms with van der Waals surface area (Å²) in [6, 6.07) is -0.886. The van der Waals surface area contributed by atoms with Crippen LogP contribution in [-0.4, -0.2) is 68.5 Å². The molecule has 3 atom stereocenters. The number of hydrogen-bond acceptors (Lipinski definition) is 6. The van der Waals surface area contributed by atoms with Gasteiger partial charge in [-0.2, -0.15) is 0 Å². The average Bonchev–Trinajstić information content (AvgIpc) is 3.36. The number of carbonyl (C=O) groups is 1. The summed E-state index contributed by atoms with van der Waals surface area (Å²) in [4.78, 5) is 25.6. The molecule has 0 fully saturated rings. The van der Waals surface area contributed by atoms with E-state index in [1.165, 1.54) is 276 Å². The largest absolute Gasteiger partial charge is 0.756 e. The quantitative estimate of drug-likeness (QED) is 0.0272. The molecule has 0 bridgehead atoms. The number of phosphoric ester groups is 1. The number of aliphatic hydroxyl groups is 1. The van der Waals surface area contributed by atoms with Crippen LogP contribution in [0.4, 0.5) is 0 Å². The molecule has 0 heterocycles. The van der Waals surface area contributed by atoms with Gasteiger partial charge < -0.3 is 28.8 Å². The minimum atomic E-state index is -4.60. The van der Waals surface area contributed by atoms with Gasteiger partial charge in [0.2, 0.25) is 5.91 Å². The van der Waals surface area contributed by atoms with Crippen molar-refractivity contribution in [1.82, 2.24) is 5.32 Å². The highest BCUT2D eigenvalue weighted by molar-refractivity contribution is 7.45. The first kappa shape index (κ1) is 73.0. The Morgan fingerprint density at radius 2 is 0.743 bits per heavy atom. The Bertz CT molecular complexity index is 1260. The molecule has 9 heteroatoms. The average molecular weight is 1070 g/mol. The molecule has 0 aromatic heterocycles. The van der Waals surface area contributed by atoms with E-state index in [1.807, 2.05) is 27.2 Å². The van der Waals surface area contributed by atoms with E-state index >= 15 is 0 Å². The van der Waals surface area contributed by atoms with Gasteiger partial charge in [-0.05, 0) is 44.9 Å². The normalized spacial score (nSPS) is 13.9. The number of hydrogen-bond donors (Lipinski definition) is 2. The molecular weight excluding hydrogens is 936 g/mol. The first-order chi connectivity index (χ1) is 36.0. The molecule has 440 valence electrons. The van der Waals surface area contributed by atoms with Crippen molar-refractivity contribution in [2.24, 2.45) is 0 Å². The number of nitrogens with zero attached hydrogens (tertiary/aromatic N) is 1. The second kappa shape index (κ2) is 56.7. The second-order valence-electron chi connectivity index (χ2n) is 23.8. The Hall–Kier alpha value is -1.02. The van der Waals surface area contributed by atoms with Crippen molar-refractivity contribution in [3.63, 3.8) is 0 Å². The van der Waals surface area contributed by atoms with E-state index in [4.69, 9.17) is 9.05 Å². The van der Waals surface area contributed by atoms with Gasteiger partial charge in [0.1, 0.15) is 13.2 Å². The van der Waals surface area contributed by atoms with Crippen LogP contribution >= 0.6 is 7.82 Å². The molecule has 2 N–H and O–H groups in total. The van der Waals surface area contributed by atoms with Crippen molar-refractivity contribution < 1.29 is 32.9 Å². The number of carbonyl (C=O) groups excluding carboxylic acids is 1. The summed E-state index contributed by atoms with van der Waals surface area (Å²) in [6.45, 7) is 4.71. The number of aliphatic hydroxyl groups excluding tert-OH is 1. The van der Waals surface area contributed by atoms with Gasteiger partial charge in [0.05, 0.1) is 39.9 Å². The second-order valence-corrected chi connectivity index (χ2v) is 25.2. The molecule has 0 saturated heterocycles. The summed E-state index contributed by atoms with van der Waals surface area (Å²) in [5, 5.41) is 13.9. The lowest BCUT2D eigenvalue weighted by molar-refractivity contribution is -0.870. The van der Waals surface area contributed by atoms with Gasteiger partial charge in [-0.3, -0.25) is 9.36 Å². The lowest BCUT2D eigenvalue weighted by Gasteiger charge is -2.29. The van der Waals surface area contributed by atoms with E-state index in [0.29, 0.717) is 17.4 Å². The van der Waals surface area contributed by atoms with Crippen molar-refractivity contribution in [1.29, 1.82) is 0 Å². The highest BCUT2D eigenvalue weighted by Crippen LogP contribution is 2.38. The van der Waals surface area contributed by atoms with Crippen LogP contribution in [0.5, 0.6) is 0 Å². The van der Waals surface area contributed by atoms with Crippen molar-refractivity contribution in [2.75, 3.05) is 40.9 Å². The van der Waals surface area contributed by atoms with Gasteiger partial charge in [-0.25, -0.2) is 0 Å². The molecule has 0 rings (SSSR count). The fourth-order valence-corrected chi connectivity index (χ4v) is 10.8. The maximum atomic E-state index is 13.0. The number of nitrogens with one attached hydrogen (secondary N) is 1. The molecule has 3 unspecified atom stereocenters. The van der Waals surface area contributed by atoms with Gasteiger partial charge in [0.25, 0.3) is 7.82 Å². The third-order valence-electron chi connectivity index (χ3n) is 15.2. The number of unbranched alkanes of at least 4 members (excludes halogenated alkanes) is 46. The number of allylic oxidation sites excluding steroid dienone is 3. The molecule has 0 radical (unpaired) electrons. The Labute approximate surface area is 462 Å². The van der Waals surface area contributed by atoms with Crippen LogP contribution in [0.1, 0.15) is 335 Å². The summed E-state index contributed by atoms with van der Waals surface area (Å²) in [5.41, 5.74) is 0. The third kappa shape index (κ3) is 58.7. The number of rotatable bonds is 61. The lowest BCUT2D eigenvalue weighted by Crippen LogP contribution is -2.45. The van der Waals surface area contributed by atoms with Crippen LogP contribution in [0.15, 0.2) is 24.3 Å². The summed E-state index contributed by atoms with van der Waals surface area (Å²) in [7, 11) is 1.28. The minimum absolute atomic E-state index is 0.000954. The molecular formula is C65H129N2O6P. The summed E-state index contributed by atoms with van der Waals surface area (Å²) < 4.78 is 23.4. The van der Waals surface area contributed by atoms with Gasteiger partial charge >= 0.3 is 0 Å². The number of quaternary nitrogens is 1. The Morgan fingerprint density at radius 3 is 1.05 bits per heavy atom. The fourth-order valence-electron chi connectivity index (χ4n) is 10.0. The van der Waals surface area contributed by atoms with E-state index in [2.05, 4.69) is 31.3 Å². The van der Waals surface area contributed by atoms with E-state index in [9.17, 15) is 19.4 Å². The molecule has 0 aliphatic carbocycles. The van der Waals surface area contributed by atoms with Gasteiger partial charge in [-0.1, -0.05) is 308 Å². The zero-order valence-corrected chi connectivity index (χ0v) is 51.2. The van der Waals surface area contributed by atoms with Crippen molar-refractivity contribution in [2.45, 2.75) is 347 Å². The number of phosphoric acid groups is 1. The third-order valence-corrected chi connectivity index (χ3v) is 16.1. The lowest BCUT2D eigenvalue weighted by atomic mass is 10.0. The molecule has 0 saturated carbocycles. The maximum absolute atomic E-state index is 13.0. The van der Waals surface area contributed by atoms with Gasteiger partial charge in [-0.15, -0.1) is 0 Å². The zero-order valence-electron chi connectivity index (χ0n) is 50.3. The molecule has 1 amide bonds. The Morgan fingerprint density at radius 1 is 0.459 bits per heavy atom. The number of likely N-dealkylation sites (N-methyl/N-ethyl adjacent to an activating group) is 1. The van der Waals surface area contributed by atoms with Gasteiger partial charge in [0.15, 0.2) is 0 Å². The van der Waals surface area contributed by atoms with E-state index in [0.717, 1.165) is 38.5 Å². The van der Waals surface area contributed by atoms with Crippen LogP contribution in [0.2, 0.25) is 0 Å². The van der Waals surface area contributed by atoms with E-state index in [1.54, 1.807) is 6.08 Å². The molecule has 0 aliphatic heterocycles. The predicted octanol–water partition coefficient (Wildman–Crippen LogP) is 19.7. The summed E-state index contributed by atoms with van der Waals surface area (Å²) >= 11 is 0. The molecule has 0 aromatic carbocycles. The molecule has 8 nitrogen and oxygen atoms in total. The predicted molar refractivity (Wildman–Crippen MR) is 321 cm³/mol. The summed E-state index contributed by atoms with van der Waals surface area (Å²) in [6.07, 6.45) is 72.8. The van der Waals surface area contributed by atoms with Crippen LogP contribution < -0.4 is 10.2 Å². The van der Waals surface area contributed by atoms with Crippen LogP contribution in [0, 0.1) is 0 Å².